The third-order valence-electron chi connectivity index (χ3n) is 4.49. The van der Waals surface area contributed by atoms with Crippen LogP contribution < -0.4 is 0 Å². The molecule has 7 heteroatoms. The lowest BCUT2D eigenvalue weighted by molar-refractivity contribution is 0.336. The molecule has 1 heterocycles. The van der Waals surface area contributed by atoms with Crippen LogP contribution in [0, 0.1) is 22.3 Å². The maximum absolute atomic E-state index is 13.7. The van der Waals surface area contributed by atoms with Crippen LogP contribution in [-0.2, 0) is 6.42 Å². The Morgan fingerprint density at radius 2 is 2.08 bits per heavy atom. The Kier molecular flexibility index (Phi) is 5.50. The van der Waals surface area contributed by atoms with Crippen molar-refractivity contribution in [3.05, 3.63) is 46.0 Å². The number of H-pyrrole nitrogens is 1. The molecule has 1 fully saturated rings. The van der Waals surface area contributed by atoms with E-state index in [9.17, 15) is 8.78 Å². The molecule has 0 atom stereocenters. The second kappa shape index (κ2) is 7.79. The van der Waals surface area contributed by atoms with Gasteiger partial charge in [-0.1, -0.05) is 32.1 Å². The van der Waals surface area contributed by atoms with Crippen molar-refractivity contribution >= 4 is 18.4 Å². The van der Waals surface area contributed by atoms with Crippen LogP contribution >= 0.6 is 12.2 Å². The van der Waals surface area contributed by atoms with E-state index in [0.717, 1.165) is 30.7 Å². The first-order valence-corrected chi connectivity index (χ1v) is 8.70. The molecule has 1 aliphatic rings. The number of aryl methyl sites for hydroxylation is 1. The molecule has 1 saturated carbocycles. The van der Waals surface area contributed by atoms with Gasteiger partial charge >= 0.3 is 0 Å². The van der Waals surface area contributed by atoms with Crippen LogP contribution in [0.4, 0.5) is 8.78 Å². The zero-order valence-corrected chi connectivity index (χ0v) is 14.2. The van der Waals surface area contributed by atoms with E-state index >= 15 is 0 Å². The lowest BCUT2D eigenvalue weighted by atomic mass is 9.86. The lowest BCUT2D eigenvalue weighted by Crippen LogP contribution is -2.09. The normalized spacial score (nSPS) is 16.1. The van der Waals surface area contributed by atoms with Gasteiger partial charge in [0.2, 0.25) is 4.77 Å². The van der Waals surface area contributed by atoms with E-state index in [1.54, 1.807) is 0 Å². The molecule has 0 aliphatic heterocycles. The highest BCUT2D eigenvalue weighted by Gasteiger charge is 2.15. The summed E-state index contributed by atoms with van der Waals surface area (Å²) in [7, 11) is 0. The van der Waals surface area contributed by atoms with Gasteiger partial charge in [-0.15, -0.1) is 0 Å². The van der Waals surface area contributed by atoms with E-state index in [-0.39, 0.29) is 5.56 Å². The summed E-state index contributed by atoms with van der Waals surface area (Å²) in [6.45, 7) is 0. The predicted octanol–water partition coefficient (Wildman–Crippen LogP) is 4.61. The quantitative estimate of drug-likeness (QED) is 0.632. The van der Waals surface area contributed by atoms with Crippen LogP contribution in [0.1, 0.15) is 49.9 Å². The molecule has 3 rings (SSSR count). The fourth-order valence-electron chi connectivity index (χ4n) is 3.14. The third kappa shape index (κ3) is 4.14. The Hall–Kier alpha value is -1.89. The van der Waals surface area contributed by atoms with Gasteiger partial charge in [0.1, 0.15) is 11.6 Å². The second-order valence-corrected chi connectivity index (χ2v) is 6.60. The van der Waals surface area contributed by atoms with E-state index < -0.39 is 11.6 Å². The Morgan fingerprint density at radius 1 is 1.29 bits per heavy atom. The average Bonchev–Trinajstić information content (AvgIpc) is 2.93. The van der Waals surface area contributed by atoms with E-state index in [2.05, 4.69) is 15.3 Å². The van der Waals surface area contributed by atoms with Gasteiger partial charge in [0.05, 0.1) is 6.21 Å². The first kappa shape index (κ1) is 17.0. The van der Waals surface area contributed by atoms with Crippen molar-refractivity contribution in [2.24, 2.45) is 11.0 Å². The summed E-state index contributed by atoms with van der Waals surface area (Å²) in [5.41, 5.74) is 0.206. The summed E-state index contributed by atoms with van der Waals surface area (Å²) in [4.78, 5) is 0. The Bertz CT molecular complexity index is 775. The Morgan fingerprint density at radius 3 is 2.83 bits per heavy atom. The van der Waals surface area contributed by atoms with Crippen molar-refractivity contribution in [1.29, 1.82) is 0 Å². The zero-order valence-electron chi connectivity index (χ0n) is 13.3. The van der Waals surface area contributed by atoms with E-state index in [1.807, 2.05) is 0 Å². The van der Waals surface area contributed by atoms with Crippen molar-refractivity contribution in [2.45, 2.75) is 44.9 Å². The minimum absolute atomic E-state index is 0.206. The summed E-state index contributed by atoms with van der Waals surface area (Å²) in [6.07, 6.45) is 9.66. The van der Waals surface area contributed by atoms with E-state index in [4.69, 9.17) is 12.2 Å². The molecule has 1 aromatic heterocycles. The molecule has 0 unspecified atom stereocenters. The first-order chi connectivity index (χ1) is 11.6. The molecule has 4 nitrogen and oxygen atoms in total. The van der Waals surface area contributed by atoms with E-state index in [1.165, 1.54) is 55.1 Å². The minimum Gasteiger partial charge on any atom is -0.250 e. The summed E-state index contributed by atoms with van der Waals surface area (Å²) in [6, 6.07) is 3.38. The van der Waals surface area contributed by atoms with Gasteiger partial charge in [0.15, 0.2) is 5.82 Å². The Labute approximate surface area is 144 Å². The number of nitrogens with one attached hydrogen (secondary N) is 1. The number of aromatic amines is 1. The SMILES string of the molecule is Fc1ccc(/C=N\n2c(CCC3CCCCC3)n[nH]c2=S)c(F)c1. The van der Waals surface area contributed by atoms with Gasteiger partial charge in [-0.05, 0) is 36.7 Å². The van der Waals surface area contributed by atoms with Gasteiger partial charge in [0, 0.05) is 18.1 Å². The summed E-state index contributed by atoms with van der Waals surface area (Å²) in [5, 5.41) is 11.2. The molecule has 24 heavy (non-hydrogen) atoms. The summed E-state index contributed by atoms with van der Waals surface area (Å²) < 4.78 is 28.5. The molecular weight excluding hydrogens is 330 g/mol. The van der Waals surface area contributed by atoms with Crippen molar-refractivity contribution in [2.75, 3.05) is 0 Å². The van der Waals surface area contributed by atoms with Gasteiger partial charge in [-0.3, -0.25) is 5.10 Å². The molecular formula is C17H20F2N4S. The highest BCUT2D eigenvalue weighted by atomic mass is 32.1. The average molecular weight is 350 g/mol. The number of halogens is 2. The molecule has 0 bridgehead atoms. The van der Waals surface area contributed by atoms with Crippen LogP contribution in [-0.4, -0.2) is 21.1 Å². The van der Waals surface area contributed by atoms with Crippen LogP contribution in [0.5, 0.6) is 0 Å². The number of aromatic nitrogens is 3. The standard InChI is InChI=1S/C17H20F2N4S/c18-14-8-7-13(15(19)10-14)11-20-23-16(21-22-17(23)24)9-6-12-4-2-1-3-5-12/h7-8,10-12H,1-6,9H2,(H,22,24)/b20-11-. The molecule has 1 aliphatic carbocycles. The minimum atomic E-state index is -0.655. The van der Waals surface area contributed by atoms with Crippen LogP contribution in [0.2, 0.25) is 0 Å². The summed E-state index contributed by atoms with van der Waals surface area (Å²) in [5.74, 6) is 0.204. The van der Waals surface area contributed by atoms with Gasteiger partial charge < -0.3 is 0 Å². The predicted molar refractivity (Wildman–Crippen MR) is 91.7 cm³/mol. The molecule has 0 spiro atoms. The van der Waals surface area contributed by atoms with Crippen molar-refractivity contribution in [3.8, 4) is 0 Å². The zero-order chi connectivity index (χ0) is 16.9. The van der Waals surface area contributed by atoms with Gasteiger partial charge in [0.25, 0.3) is 0 Å². The van der Waals surface area contributed by atoms with Gasteiger partial charge in [-0.25, -0.2) is 8.78 Å². The van der Waals surface area contributed by atoms with Crippen molar-refractivity contribution in [1.82, 2.24) is 14.9 Å². The molecule has 2 aromatic rings. The molecule has 1 N–H and O–H groups in total. The second-order valence-electron chi connectivity index (χ2n) is 6.21. The molecule has 0 saturated heterocycles. The molecule has 0 radical (unpaired) electrons. The maximum atomic E-state index is 13.7. The molecule has 1 aromatic carbocycles. The molecule has 128 valence electrons. The lowest BCUT2D eigenvalue weighted by Gasteiger charge is -2.20. The topological polar surface area (TPSA) is 46.0 Å². The number of nitrogens with zero attached hydrogens (tertiary/aromatic N) is 3. The van der Waals surface area contributed by atoms with E-state index in [0.29, 0.717) is 4.77 Å². The molecule has 0 amide bonds. The summed E-state index contributed by atoms with van der Waals surface area (Å²) >= 11 is 5.19. The van der Waals surface area contributed by atoms with Crippen LogP contribution in [0.25, 0.3) is 0 Å². The highest BCUT2D eigenvalue weighted by molar-refractivity contribution is 7.71. The first-order valence-electron chi connectivity index (χ1n) is 8.29. The fourth-order valence-corrected chi connectivity index (χ4v) is 3.34. The monoisotopic (exact) mass is 350 g/mol. The fraction of sp³-hybridized carbons (Fsp3) is 0.471. The van der Waals surface area contributed by atoms with Crippen molar-refractivity contribution in [3.63, 3.8) is 0 Å². The van der Waals surface area contributed by atoms with Gasteiger partial charge in [-0.2, -0.15) is 14.9 Å². The number of benzene rings is 1. The maximum Gasteiger partial charge on any atom is 0.216 e. The largest absolute Gasteiger partial charge is 0.250 e. The van der Waals surface area contributed by atoms with Crippen molar-refractivity contribution < 1.29 is 8.78 Å². The number of rotatable bonds is 5. The van der Waals surface area contributed by atoms with Crippen LogP contribution in [0.3, 0.4) is 0 Å². The number of hydrogen-bond donors (Lipinski definition) is 1. The third-order valence-corrected chi connectivity index (χ3v) is 4.76. The number of hydrogen-bond acceptors (Lipinski definition) is 3. The smallest absolute Gasteiger partial charge is 0.216 e. The highest BCUT2D eigenvalue weighted by Crippen LogP contribution is 2.27. The van der Waals surface area contributed by atoms with Crippen LogP contribution in [0.15, 0.2) is 23.3 Å². The Balaban J connectivity index is 1.72.